The summed E-state index contributed by atoms with van der Waals surface area (Å²) >= 11 is 1.06. The van der Waals surface area contributed by atoms with Crippen LogP contribution in [0.5, 0.6) is 5.88 Å². The summed E-state index contributed by atoms with van der Waals surface area (Å²) < 4.78 is 10.8. The number of urea groups is 1. The summed E-state index contributed by atoms with van der Waals surface area (Å²) in [5.74, 6) is 0.111. The zero-order valence-corrected chi connectivity index (χ0v) is 19.2. The van der Waals surface area contributed by atoms with E-state index in [0.717, 1.165) is 22.3 Å². The number of ether oxygens (including phenoxy) is 2. The molecule has 0 radical (unpaired) electrons. The third-order valence-corrected chi connectivity index (χ3v) is 7.34. The summed E-state index contributed by atoms with van der Waals surface area (Å²) in [4.78, 5) is 50.8. The van der Waals surface area contributed by atoms with Gasteiger partial charge in [0.05, 0.1) is 13.8 Å². The molecule has 3 aliphatic rings. The van der Waals surface area contributed by atoms with Gasteiger partial charge in [0.2, 0.25) is 17.3 Å². The predicted octanol–water partition coefficient (Wildman–Crippen LogP) is 1.32. The molecule has 0 aliphatic carbocycles. The van der Waals surface area contributed by atoms with Gasteiger partial charge >= 0.3 is 12.1 Å². The van der Waals surface area contributed by atoms with Crippen molar-refractivity contribution < 1.29 is 23.9 Å². The maximum atomic E-state index is 13.0. The zero-order valence-electron chi connectivity index (χ0n) is 18.3. The molecule has 34 heavy (non-hydrogen) atoms. The lowest BCUT2D eigenvalue weighted by Crippen LogP contribution is -2.57. The minimum Gasteiger partial charge on any atom is -0.479 e. The number of thioether (sulfide) groups is 1. The van der Waals surface area contributed by atoms with Crippen molar-refractivity contribution in [1.29, 1.82) is 0 Å². The number of nitrogens with one attached hydrogen (secondary N) is 1. The number of nitrogens with two attached hydrogens (primary N) is 1. The number of primary amides is 1. The SMILES string of the molecule is COc1ncnc2c1N(C(N)=O)C(OC(=O)N1CCC3(CC1)C(=O)NCN3c1ccccc1)S2. The van der Waals surface area contributed by atoms with Crippen molar-refractivity contribution in [3.05, 3.63) is 36.7 Å². The van der Waals surface area contributed by atoms with Crippen molar-refractivity contribution in [2.45, 2.75) is 29.0 Å². The van der Waals surface area contributed by atoms with Gasteiger partial charge in [0.1, 0.15) is 22.6 Å². The van der Waals surface area contributed by atoms with Gasteiger partial charge in [0.15, 0.2) is 0 Å². The Kier molecular flexibility index (Phi) is 5.55. The van der Waals surface area contributed by atoms with Gasteiger partial charge in [-0.1, -0.05) is 18.2 Å². The molecule has 12 nitrogen and oxygen atoms in total. The van der Waals surface area contributed by atoms with Gasteiger partial charge in [-0.15, -0.1) is 0 Å². The highest BCUT2D eigenvalue weighted by Crippen LogP contribution is 2.46. The summed E-state index contributed by atoms with van der Waals surface area (Å²) in [5.41, 5.74) is 5.00. The van der Waals surface area contributed by atoms with Crippen LogP contribution in [0, 0.1) is 0 Å². The van der Waals surface area contributed by atoms with E-state index in [1.54, 1.807) is 0 Å². The first-order chi connectivity index (χ1) is 16.4. The molecule has 1 atom stereocenters. The highest BCUT2D eigenvalue weighted by atomic mass is 32.2. The molecule has 3 aliphatic heterocycles. The third kappa shape index (κ3) is 3.52. The van der Waals surface area contributed by atoms with Gasteiger partial charge < -0.3 is 30.3 Å². The summed E-state index contributed by atoms with van der Waals surface area (Å²) in [6.45, 7) is 1.06. The van der Waals surface area contributed by atoms with Crippen LogP contribution in [-0.2, 0) is 9.53 Å². The van der Waals surface area contributed by atoms with Gasteiger partial charge in [0.25, 0.3) is 0 Å². The lowest BCUT2D eigenvalue weighted by atomic mass is 9.86. The van der Waals surface area contributed by atoms with Crippen LogP contribution in [0.15, 0.2) is 41.7 Å². The number of hydrogen-bond acceptors (Lipinski definition) is 9. The number of carbonyl (C=O) groups excluding carboxylic acids is 3. The second-order valence-electron chi connectivity index (χ2n) is 8.00. The van der Waals surface area contributed by atoms with E-state index >= 15 is 0 Å². The van der Waals surface area contributed by atoms with Crippen LogP contribution in [0.3, 0.4) is 0 Å². The monoisotopic (exact) mass is 485 g/mol. The van der Waals surface area contributed by atoms with E-state index in [2.05, 4.69) is 20.2 Å². The average molecular weight is 486 g/mol. The molecule has 3 N–H and O–H groups in total. The number of anilines is 2. The van der Waals surface area contributed by atoms with Crippen LogP contribution in [0.25, 0.3) is 0 Å². The molecule has 0 bridgehead atoms. The Balaban J connectivity index is 1.28. The molecule has 13 heteroatoms. The number of rotatable bonds is 3. The number of amides is 4. The van der Waals surface area contributed by atoms with Crippen molar-refractivity contribution in [2.24, 2.45) is 5.73 Å². The number of hydrogen-bond donors (Lipinski definition) is 2. The van der Waals surface area contributed by atoms with Gasteiger partial charge in [-0.3, -0.25) is 4.79 Å². The summed E-state index contributed by atoms with van der Waals surface area (Å²) in [6.07, 6.45) is 1.57. The number of likely N-dealkylation sites (tertiary alicyclic amines) is 1. The largest absolute Gasteiger partial charge is 0.479 e. The number of carbonyl (C=O) groups is 3. The van der Waals surface area contributed by atoms with Crippen molar-refractivity contribution in [2.75, 3.05) is 36.7 Å². The summed E-state index contributed by atoms with van der Waals surface area (Å²) in [7, 11) is 1.41. The number of aromatic nitrogens is 2. The maximum Gasteiger partial charge on any atom is 0.412 e. The molecule has 2 fully saturated rings. The molecular formula is C21H23N7O5S. The highest BCUT2D eigenvalue weighted by molar-refractivity contribution is 8.00. The van der Waals surface area contributed by atoms with Crippen molar-refractivity contribution in [3.8, 4) is 5.88 Å². The Morgan fingerprint density at radius 3 is 2.62 bits per heavy atom. The van der Waals surface area contributed by atoms with E-state index in [9.17, 15) is 14.4 Å². The third-order valence-electron chi connectivity index (χ3n) is 6.31. The fourth-order valence-corrected chi connectivity index (χ4v) is 5.63. The zero-order chi connectivity index (χ0) is 23.9. The smallest absolute Gasteiger partial charge is 0.412 e. The van der Waals surface area contributed by atoms with E-state index in [4.69, 9.17) is 15.2 Å². The molecule has 2 aromatic rings. The Bertz CT molecular complexity index is 1130. The van der Waals surface area contributed by atoms with Crippen LogP contribution in [0.1, 0.15) is 12.8 Å². The second kappa shape index (κ2) is 8.56. The summed E-state index contributed by atoms with van der Waals surface area (Å²) in [6, 6.07) is 8.89. The standard InChI is InChI=1S/C21H23N7O5S/c1-32-15-14-16(24-11-23-15)34-20(28(14)18(22)30)33-19(31)26-9-7-21(8-10-26)17(29)25-12-27(21)13-5-3-2-4-6-13/h2-6,11,20H,7-10,12H2,1H3,(H2,22,30)(H,25,29). The molecule has 1 spiro atoms. The van der Waals surface area contributed by atoms with E-state index in [1.807, 2.05) is 30.3 Å². The van der Waals surface area contributed by atoms with Crippen LogP contribution in [0.2, 0.25) is 0 Å². The Morgan fingerprint density at radius 1 is 1.21 bits per heavy atom. The van der Waals surface area contributed by atoms with Crippen molar-refractivity contribution in [1.82, 2.24) is 20.2 Å². The average Bonchev–Trinajstić information content (AvgIpc) is 3.37. The molecule has 1 unspecified atom stereocenters. The normalized spacial score (nSPS) is 20.8. The molecule has 4 heterocycles. The predicted molar refractivity (Wildman–Crippen MR) is 122 cm³/mol. The van der Waals surface area contributed by atoms with Gasteiger partial charge in [-0.05, 0) is 36.7 Å². The van der Waals surface area contributed by atoms with Crippen LogP contribution in [0.4, 0.5) is 21.0 Å². The molecule has 4 amide bonds. The molecule has 5 rings (SSSR count). The maximum absolute atomic E-state index is 13.0. The molecule has 1 aromatic carbocycles. The van der Waals surface area contributed by atoms with Crippen LogP contribution >= 0.6 is 11.8 Å². The number of piperidine rings is 1. The Morgan fingerprint density at radius 2 is 1.94 bits per heavy atom. The molecule has 0 saturated carbocycles. The van der Waals surface area contributed by atoms with E-state index in [-0.39, 0.29) is 17.5 Å². The van der Waals surface area contributed by atoms with Crippen molar-refractivity contribution in [3.63, 3.8) is 0 Å². The molecule has 2 saturated heterocycles. The first-order valence-electron chi connectivity index (χ1n) is 10.7. The fraction of sp³-hybridized carbons (Fsp3) is 0.381. The number of nitrogens with zero attached hydrogens (tertiary/aromatic N) is 5. The molecule has 1 aromatic heterocycles. The number of fused-ring (bicyclic) bond motifs is 1. The first-order valence-corrected chi connectivity index (χ1v) is 11.5. The lowest BCUT2D eigenvalue weighted by molar-refractivity contribution is -0.125. The second-order valence-corrected chi connectivity index (χ2v) is 9.03. The van der Waals surface area contributed by atoms with Crippen LogP contribution < -0.4 is 25.6 Å². The Hall–Kier alpha value is -3.74. The van der Waals surface area contributed by atoms with Crippen LogP contribution in [-0.4, -0.2) is 70.9 Å². The van der Waals surface area contributed by atoms with E-state index in [0.29, 0.717) is 37.6 Å². The number of benzene rings is 1. The first kappa shape index (κ1) is 22.1. The molecular weight excluding hydrogens is 462 g/mol. The van der Waals surface area contributed by atoms with E-state index in [1.165, 1.54) is 18.3 Å². The van der Waals surface area contributed by atoms with Gasteiger partial charge in [-0.2, -0.15) is 4.98 Å². The quantitative estimate of drug-likeness (QED) is 0.615. The molecule has 178 valence electrons. The fourth-order valence-electron chi connectivity index (χ4n) is 4.59. The highest BCUT2D eigenvalue weighted by Gasteiger charge is 2.51. The number of para-hydroxylation sites is 1. The van der Waals surface area contributed by atoms with Gasteiger partial charge in [-0.25, -0.2) is 19.5 Å². The van der Waals surface area contributed by atoms with E-state index < -0.39 is 23.2 Å². The number of methoxy groups -OCH3 is 1. The topological polar surface area (TPSA) is 143 Å². The minimum absolute atomic E-state index is 0.0447. The minimum atomic E-state index is -1.04. The summed E-state index contributed by atoms with van der Waals surface area (Å²) in [5, 5.41) is 3.36. The lowest BCUT2D eigenvalue weighted by Gasteiger charge is -2.43. The van der Waals surface area contributed by atoms with Gasteiger partial charge in [0, 0.05) is 18.8 Å². The Labute approximate surface area is 199 Å². The van der Waals surface area contributed by atoms with Crippen molar-refractivity contribution >= 4 is 41.2 Å².